The second-order valence-corrected chi connectivity index (χ2v) is 10.1. The molecule has 0 unspecified atom stereocenters. The summed E-state index contributed by atoms with van der Waals surface area (Å²) in [5.74, 6) is 0.258. The number of hydrogen-bond acceptors (Lipinski definition) is 6. The summed E-state index contributed by atoms with van der Waals surface area (Å²) in [4.78, 5) is 16.9. The number of amides is 1. The predicted molar refractivity (Wildman–Crippen MR) is 121 cm³/mol. The Morgan fingerprint density at radius 1 is 1.10 bits per heavy atom. The number of aromatic nitrogens is 1. The molecule has 31 heavy (non-hydrogen) atoms. The normalized spacial score (nSPS) is 14.5. The molecule has 3 aromatic rings. The van der Waals surface area contributed by atoms with E-state index in [0.29, 0.717) is 24.5 Å². The van der Waals surface area contributed by atoms with Crippen molar-refractivity contribution in [3.8, 4) is 16.3 Å². The highest BCUT2D eigenvalue weighted by atomic mass is 32.2. The highest BCUT2D eigenvalue weighted by Gasteiger charge is 2.26. The van der Waals surface area contributed by atoms with Crippen LogP contribution in [0, 0.1) is 6.92 Å². The lowest BCUT2D eigenvalue weighted by molar-refractivity contribution is -0.118. The second-order valence-electron chi connectivity index (χ2n) is 7.29. The van der Waals surface area contributed by atoms with Gasteiger partial charge in [-0.15, -0.1) is 11.3 Å². The fourth-order valence-electron chi connectivity index (χ4n) is 3.31. The second kappa shape index (κ2) is 9.17. The number of anilines is 1. The molecule has 0 atom stereocenters. The molecule has 4 rings (SSSR count). The quantitative estimate of drug-likeness (QED) is 0.581. The number of sulfonamides is 1. The van der Waals surface area contributed by atoms with Crippen molar-refractivity contribution in [1.82, 2.24) is 9.29 Å². The van der Waals surface area contributed by atoms with Gasteiger partial charge in [-0.1, -0.05) is 0 Å². The van der Waals surface area contributed by atoms with Crippen LogP contribution in [0.5, 0.6) is 5.75 Å². The van der Waals surface area contributed by atoms with Crippen LogP contribution < -0.4 is 10.1 Å². The molecule has 0 aliphatic carbocycles. The number of rotatable bonds is 7. The van der Waals surface area contributed by atoms with Gasteiger partial charge in [-0.05, 0) is 68.3 Å². The Morgan fingerprint density at radius 2 is 1.77 bits per heavy atom. The van der Waals surface area contributed by atoms with Crippen LogP contribution in [0.15, 0.2) is 58.8 Å². The van der Waals surface area contributed by atoms with Crippen LogP contribution in [0.4, 0.5) is 5.69 Å². The minimum absolute atomic E-state index is 0.149. The van der Waals surface area contributed by atoms with E-state index in [9.17, 15) is 13.2 Å². The Hall–Kier alpha value is -2.75. The van der Waals surface area contributed by atoms with Gasteiger partial charge in [0.25, 0.3) is 5.91 Å². The van der Waals surface area contributed by atoms with Gasteiger partial charge in [0.2, 0.25) is 10.0 Å². The summed E-state index contributed by atoms with van der Waals surface area (Å²) in [5.41, 5.74) is 2.50. The van der Waals surface area contributed by atoms with Crippen molar-refractivity contribution in [2.45, 2.75) is 24.7 Å². The zero-order valence-corrected chi connectivity index (χ0v) is 18.7. The highest BCUT2D eigenvalue weighted by molar-refractivity contribution is 7.89. The fraction of sp³-hybridized carbons (Fsp3) is 0.273. The number of hydrogen-bond donors (Lipinski definition) is 1. The summed E-state index contributed by atoms with van der Waals surface area (Å²) in [5, 5.41) is 5.66. The summed E-state index contributed by atoms with van der Waals surface area (Å²) >= 11 is 1.58. The maximum Gasteiger partial charge on any atom is 0.262 e. The lowest BCUT2D eigenvalue weighted by Crippen LogP contribution is -2.27. The maximum absolute atomic E-state index is 12.6. The summed E-state index contributed by atoms with van der Waals surface area (Å²) in [6.07, 6.45) is 1.78. The molecule has 9 heteroatoms. The lowest BCUT2D eigenvalue weighted by Gasteiger charge is -2.15. The van der Waals surface area contributed by atoms with E-state index in [4.69, 9.17) is 4.74 Å². The van der Waals surface area contributed by atoms with Gasteiger partial charge in [0, 0.05) is 35.4 Å². The molecule has 0 radical (unpaired) electrons. The smallest absolute Gasteiger partial charge is 0.262 e. The first-order valence-corrected chi connectivity index (χ1v) is 12.3. The van der Waals surface area contributed by atoms with E-state index < -0.39 is 10.0 Å². The minimum Gasteiger partial charge on any atom is -0.484 e. The largest absolute Gasteiger partial charge is 0.484 e. The van der Waals surface area contributed by atoms with E-state index in [0.717, 1.165) is 29.1 Å². The number of carbonyl (C=O) groups excluding carboxylic acids is 1. The Bertz CT molecular complexity index is 1150. The zero-order chi connectivity index (χ0) is 21.8. The minimum atomic E-state index is -3.46. The van der Waals surface area contributed by atoms with Gasteiger partial charge in [0.15, 0.2) is 6.61 Å². The Labute approximate surface area is 185 Å². The molecule has 1 N–H and O–H groups in total. The van der Waals surface area contributed by atoms with Gasteiger partial charge in [-0.3, -0.25) is 4.79 Å². The van der Waals surface area contributed by atoms with Gasteiger partial charge < -0.3 is 10.1 Å². The molecule has 1 saturated heterocycles. The molecule has 0 saturated carbocycles. The fourth-order valence-corrected chi connectivity index (χ4v) is 5.63. The van der Waals surface area contributed by atoms with Crippen molar-refractivity contribution >= 4 is 33.0 Å². The number of aryl methyl sites for hydroxylation is 1. The Balaban J connectivity index is 1.30. The molecule has 2 aromatic carbocycles. The summed E-state index contributed by atoms with van der Waals surface area (Å²) in [6.45, 7) is 2.92. The van der Waals surface area contributed by atoms with Crippen LogP contribution in [0.1, 0.15) is 18.5 Å². The molecule has 162 valence electrons. The number of nitrogens with zero attached hydrogens (tertiary/aromatic N) is 2. The molecule has 1 aliphatic rings. The topological polar surface area (TPSA) is 88.6 Å². The van der Waals surface area contributed by atoms with Gasteiger partial charge in [0.1, 0.15) is 10.8 Å². The predicted octanol–water partition coefficient (Wildman–Crippen LogP) is 3.92. The maximum atomic E-state index is 12.6. The van der Waals surface area contributed by atoms with Crippen molar-refractivity contribution < 1.29 is 17.9 Å². The van der Waals surface area contributed by atoms with Gasteiger partial charge >= 0.3 is 0 Å². The standard InChI is InChI=1S/C22H23N3O4S2/c1-16-15-30-22(23-16)17-4-8-19(9-5-17)29-14-21(26)24-18-6-10-20(11-7-18)31(27,28)25-12-2-3-13-25/h4-11,15H,2-3,12-14H2,1H3,(H,24,26). The third-order valence-electron chi connectivity index (χ3n) is 4.93. The van der Waals surface area contributed by atoms with Crippen LogP contribution in [-0.4, -0.2) is 43.3 Å². The zero-order valence-electron chi connectivity index (χ0n) is 17.1. The van der Waals surface area contributed by atoms with E-state index >= 15 is 0 Å². The van der Waals surface area contributed by atoms with Crippen LogP contribution in [0.2, 0.25) is 0 Å². The van der Waals surface area contributed by atoms with E-state index in [-0.39, 0.29) is 17.4 Å². The summed E-state index contributed by atoms with van der Waals surface area (Å²) in [7, 11) is -3.46. The first-order chi connectivity index (χ1) is 14.9. The van der Waals surface area contributed by atoms with Crippen LogP contribution in [-0.2, 0) is 14.8 Å². The molecular weight excluding hydrogens is 434 g/mol. The van der Waals surface area contributed by atoms with Gasteiger partial charge in [-0.25, -0.2) is 13.4 Å². The van der Waals surface area contributed by atoms with Crippen molar-refractivity contribution in [2.24, 2.45) is 0 Å². The first-order valence-electron chi connectivity index (χ1n) is 9.97. The van der Waals surface area contributed by atoms with Crippen molar-refractivity contribution in [1.29, 1.82) is 0 Å². The molecular formula is C22H23N3O4S2. The monoisotopic (exact) mass is 457 g/mol. The summed E-state index contributed by atoms with van der Waals surface area (Å²) in [6, 6.07) is 13.6. The van der Waals surface area contributed by atoms with Crippen LogP contribution in [0.3, 0.4) is 0 Å². The molecule has 7 nitrogen and oxygen atoms in total. The van der Waals surface area contributed by atoms with E-state index in [2.05, 4.69) is 10.3 Å². The van der Waals surface area contributed by atoms with E-state index in [1.807, 2.05) is 24.4 Å². The Morgan fingerprint density at radius 3 is 2.39 bits per heavy atom. The van der Waals surface area contributed by atoms with E-state index in [1.165, 1.54) is 16.4 Å². The van der Waals surface area contributed by atoms with Crippen LogP contribution in [0.25, 0.3) is 10.6 Å². The summed E-state index contributed by atoms with van der Waals surface area (Å²) < 4.78 is 32.2. The van der Waals surface area contributed by atoms with E-state index in [1.54, 1.807) is 35.6 Å². The average molecular weight is 458 g/mol. The van der Waals surface area contributed by atoms with Crippen molar-refractivity contribution in [3.63, 3.8) is 0 Å². The molecule has 1 amide bonds. The molecule has 2 heterocycles. The molecule has 1 aromatic heterocycles. The Kier molecular flexibility index (Phi) is 6.35. The van der Waals surface area contributed by atoms with Crippen molar-refractivity contribution in [3.05, 3.63) is 59.6 Å². The number of ether oxygens (including phenoxy) is 1. The number of thiazole rings is 1. The number of nitrogens with one attached hydrogen (secondary N) is 1. The molecule has 1 aliphatic heterocycles. The third kappa shape index (κ3) is 5.12. The van der Waals surface area contributed by atoms with Gasteiger partial charge in [0.05, 0.1) is 4.90 Å². The first kappa shape index (κ1) is 21.5. The third-order valence-corrected chi connectivity index (χ3v) is 7.85. The number of carbonyl (C=O) groups is 1. The lowest BCUT2D eigenvalue weighted by atomic mass is 10.2. The number of benzene rings is 2. The van der Waals surface area contributed by atoms with Gasteiger partial charge in [-0.2, -0.15) is 4.31 Å². The van der Waals surface area contributed by atoms with Crippen molar-refractivity contribution in [2.75, 3.05) is 25.0 Å². The molecule has 0 spiro atoms. The highest BCUT2D eigenvalue weighted by Crippen LogP contribution is 2.26. The molecule has 1 fully saturated rings. The average Bonchev–Trinajstić information content (AvgIpc) is 3.46. The molecule has 0 bridgehead atoms. The van der Waals surface area contributed by atoms with Crippen LogP contribution >= 0.6 is 11.3 Å². The SMILES string of the molecule is Cc1csc(-c2ccc(OCC(=O)Nc3ccc(S(=O)(=O)N4CCCC4)cc3)cc2)n1.